The Morgan fingerprint density at radius 1 is 1.11 bits per heavy atom. The molecule has 2 N–H and O–H groups in total. The van der Waals surface area contributed by atoms with E-state index in [1.54, 1.807) is 21.3 Å². The molecule has 0 aliphatic carbocycles. The average Bonchev–Trinajstić information content (AvgIpc) is 3.26. The van der Waals surface area contributed by atoms with E-state index >= 15 is 0 Å². The molecule has 2 aliphatic rings. The van der Waals surface area contributed by atoms with Crippen LogP contribution in [0.1, 0.15) is 12.0 Å². The van der Waals surface area contributed by atoms with Gasteiger partial charge >= 0.3 is 6.03 Å². The lowest BCUT2D eigenvalue weighted by Crippen LogP contribution is -2.54. The summed E-state index contributed by atoms with van der Waals surface area (Å²) in [5, 5.41) is 6.40. The molecule has 8 nitrogen and oxygen atoms in total. The second-order valence-electron chi connectivity index (χ2n) is 6.86. The van der Waals surface area contributed by atoms with Gasteiger partial charge in [-0.05, 0) is 30.7 Å². The van der Waals surface area contributed by atoms with Gasteiger partial charge in [0.1, 0.15) is 0 Å². The molecule has 27 heavy (non-hydrogen) atoms. The lowest BCUT2D eigenvalue weighted by Gasteiger charge is -2.37. The second-order valence-corrected chi connectivity index (χ2v) is 6.86. The predicted octanol–water partition coefficient (Wildman–Crippen LogP) is 0.902. The van der Waals surface area contributed by atoms with Crippen LogP contribution < -0.4 is 24.8 Å². The molecule has 2 saturated heterocycles. The van der Waals surface area contributed by atoms with Crippen molar-refractivity contribution in [2.75, 3.05) is 60.6 Å². The van der Waals surface area contributed by atoms with Gasteiger partial charge in [0.25, 0.3) is 0 Å². The minimum absolute atomic E-state index is 0.0343. The Labute approximate surface area is 160 Å². The Hall–Kier alpha value is -2.19. The molecule has 3 rings (SSSR count). The Bertz CT molecular complexity index is 616. The molecular weight excluding hydrogens is 348 g/mol. The van der Waals surface area contributed by atoms with Gasteiger partial charge in [0.05, 0.1) is 21.3 Å². The third kappa shape index (κ3) is 4.56. The van der Waals surface area contributed by atoms with E-state index in [0.717, 1.165) is 44.8 Å². The van der Waals surface area contributed by atoms with E-state index < -0.39 is 0 Å². The highest BCUT2D eigenvalue weighted by atomic mass is 16.5. The van der Waals surface area contributed by atoms with Crippen molar-refractivity contribution >= 4 is 6.03 Å². The van der Waals surface area contributed by atoms with Crippen LogP contribution in [0, 0.1) is 0 Å². The number of benzene rings is 1. The van der Waals surface area contributed by atoms with Crippen LogP contribution in [0.25, 0.3) is 0 Å². The highest BCUT2D eigenvalue weighted by molar-refractivity contribution is 5.74. The van der Waals surface area contributed by atoms with Crippen LogP contribution in [0.2, 0.25) is 0 Å². The molecule has 0 spiro atoms. The normalized spacial score (nSPS) is 20.4. The number of hydrogen-bond acceptors (Lipinski definition) is 6. The minimum atomic E-state index is -0.0343. The fourth-order valence-corrected chi connectivity index (χ4v) is 3.77. The van der Waals surface area contributed by atoms with Crippen molar-refractivity contribution in [2.45, 2.75) is 19.0 Å². The zero-order valence-electron chi connectivity index (χ0n) is 16.4. The lowest BCUT2D eigenvalue weighted by molar-refractivity contribution is 0.114. The number of ether oxygens (including phenoxy) is 3. The van der Waals surface area contributed by atoms with E-state index in [-0.39, 0.29) is 6.03 Å². The van der Waals surface area contributed by atoms with Crippen molar-refractivity contribution in [1.29, 1.82) is 0 Å². The summed E-state index contributed by atoms with van der Waals surface area (Å²) in [6.07, 6.45) is 1.20. The molecule has 150 valence electrons. The summed E-state index contributed by atoms with van der Waals surface area (Å²) in [6.45, 7) is 5.96. The first kappa shape index (κ1) is 19.6. The highest BCUT2D eigenvalue weighted by Crippen LogP contribution is 2.38. The number of carbonyl (C=O) groups excluding carboxylic acids is 1. The average molecular weight is 378 g/mol. The molecule has 2 fully saturated rings. The molecule has 2 aliphatic heterocycles. The number of urea groups is 1. The fourth-order valence-electron chi connectivity index (χ4n) is 3.77. The smallest absolute Gasteiger partial charge is 0.317 e. The zero-order chi connectivity index (χ0) is 19.2. The molecule has 0 saturated carbocycles. The molecular formula is C19H30N4O4. The van der Waals surface area contributed by atoms with Crippen LogP contribution in [0.4, 0.5) is 4.79 Å². The van der Waals surface area contributed by atoms with Gasteiger partial charge in [0, 0.05) is 45.3 Å². The highest BCUT2D eigenvalue weighted by Gasteiger charge is 2.27. The van der Waals surface area contributed by atoms with Crippen LogP contribution >= 0.6 is 0 Å². The Balaban J connectivity index is 1.53. The Kier molecular flexibility index (Phi) is 6.63. The van der Waals surface area contributed by atoms with E-state index in [2.05, 4.69) is 15.5 Å². The molecule has 1 atom stereocenters. The number of rotatable bonds is 6. The van der Waals surface area contributed by atoms with Gasteiger partial charge in [-0.2, -0.15) is 0 Å². The van der Waals surface area contributed by atoms with Gasteiger partial charge in [-0.1, -0.05) is 0 Å². The predicted molar refractivity (Wildman–Crippen MR) is 103 cm³/mol. The first-order chi connectivity index (χ1) is 13.2. The summed E-state index contributed by atoms with van der Waals surface area (Å²) < 4.78 is 16.1. The number of amides is 2. The molecule has 8 heteroatoms. The maximum Gasteiger partial charge on any atom is 0.317 e. The van der Waals surface area contributed by atoms with Crippen LogP contribution in [-0.4, -0.2) is 82.5 Å². The topological polar surface area (TPSA) is 75.3 Å². The van der Waals surface area contributed by atoms with Crippen molar-refractivity contribution in [3.05, 3.63) is 17.7 Å². The quantitative estimate of drug-likeness (QED) is 0.766. The SMILES string of the molecule is COc1cc(CNC(=O)N2CCN([C@H]3CCNC3)CC2)cc(OC)c1OC. The maximum absolute atomic E-state index is 12.5. The molecule has 2 amide bonds. The molecule has 0 unspecified atom stereocenters. The van der Waals surface area contributed by atoms with Gasteiger partial charge in [-0.15, -0.1) is 0 Å². The third-order valence-corrected chi connectivity index (χ3v) is 5.32. The van der Waals surface area contributed by atoms with E-state index in [9.17, 15) is 4.79 Å². The van der Waals surface area contributed by atoms with E-state index in [4.69, 9.17) is 14.2 Å². The van der Waals surface area contributed by atoms with Crippen LogP contribution in [0.15, 0.2) is 12.1 Å². The lowest BCUT2D eigenvalue weighted by atomic mass is 10.1. The number of nitrogens with zero attached hydrogens (tertiary/aromatic N) is 2. The Morgan fingerprint density at radius 3 is 2.30 bits per heavy atom. The number of piperazine rings is 1. The summed E-state index contributed by atoms with van der Waals surface area (Å²) in [7, 11) is 4.74. The molecule has 2 heterocycles. The Morgan fingerprint density at radius 2 is 1.78 bits per heavy atom. The van der Waals surface area contributed by atoms with Crippen molar-refractivity contribution < 1.29 is 19.0 Å². The molecule has 0 radical (unpaired) electrons. The molecule has 1 aromatic carbocycles. The third-order valence-electron chi connectivity index (χ3n) is 5.32. The van der Waals surface area contributed by atoms with Gasteiger partial charge in [-0.25, -0.2) is 4.79 Å². The van der Waals surface area contributed by atoms with Gasteiger partial charge < -0.3 is 29.7 Å². The fraction of sp³-hybridized carbons (Fsp3) is 0.632. The van der Waals surface area contributed by atoms with E-state index in [1.807, 2.05) is 17.0 Å². The number of hydrogen-bond donors (Lipinski definition) is 2. The second kappa shape index (κ2) is 9.14. The standard InChI is InChI=1S/C19H30N4O4/c1-25-16-10-14(11-17(26-2)18(16)27-3)12-21-19(24)23-8-6-22(7-9-23)15-4-5-20-13-15/h10-11,15,20H,4-9,12-13H2,1-3H3,(H,21,24)/t15-/m0/s1. The van der Waals surface area contributed by atoms with E-state index in [1.165, 1.54) is 6.42 Å². The largest absolute Gasteiger partial charge is 0.493 e. The zero-order valence-corrected chi connectivity index (χ0v) is 16.4. The summed E-state index contributed by atoms with van der Waals surface area (Å²) in [5.74, 6) is 1.72. The monoisotopic (exact) mass is 378 g/mol. The number of carbonyl (C=O) groups is 1. The summed E-state index contributed by atoms with van der Waals surface area (Å²) >= 11 is 0. The van der Waals surface area contributed by atoms with Crippen molar-refractivity contribution in [3.63, 3.8) is 0 Å². The van der Waals surface area contributed by atoms with Crippen molar-refractivity contribution in [3.8, 4) is 17.2 Å². The van der Waals surface area contributed by atoms with Crippen LogP contribution in [0.3, 0.4) is 0 Å². The minimum Gasteiger partial charge on any atom is -0.493 e. The van der Waals surface area contributed by atoms with Gasteiger partial charge in [0.15, 0.2) is 11.5 Å². The maximum atomic E-state index is 12.5. The first-order valence-electron chi connectivity index (χ1n) is 9.42. The molecule has 1 aromatic rings. The van der Waals surface area contributed by atoms with Crippen LogP contribution in [0.5, 0.6) is 17.2 Å². The molecule has 0 bridgehead atoms. The number of methoxy groups -OCH3 is 3. The van der Waals surface area contributed by atoms with Gasteiger partial charge in [0.2, 0.25) is 5.75 Å². The summed E-state index contributed by atoms with van der Waals surface area (Å²) in [6, 6.07) is 4.29. The summed E-state index contributed by atoms with van der Waals surface area (Å²) in [5.41, 5.74) is 0.897. The number of nitrogens with one attached hydrogen (secondary N) is 2. The van der Waals surface area contributed by atoms with Gasteiger partial charge in [-0.3, -0.25) is 4.90 Å². The molecule has 0 aromatic heterocycles. The van der Waals surface area contributed by atoms with Crippen molar-refractivity contribution in [2.24, 2.45) is 0 Å². The van der Waals surface area contributed by atoms with Crippen LogP contribution in [-0.2, 0) is 6.54 Å². The first-order valence-corrected chi connectivity index (χ1v) is 9.42. The van der Waals surface area contributed by atoms with Crippen molar-refractivity contribution in [1.82, 2.24) is 20.4 Å². The summed E-state index contributed by atoms with van der Waals surface area (Å²) in [4.78, 5) is 16.9. The van der Waals surface area contributed by atoms with E-state index in [0.29, 0.717) is 29.8 Å².